The second kappa shape index (κ2) is 4.45. The van der Waals surface area contributed by atoms with Crippen LogP contribution in [0.1, 0.15) is 20.8 Å². The Hall–Kier alpha value is -1.35. The molecule has 0 aliphatic rings. The molecule has 15 heavy (non-hydrogen) atoms. The smallest absolute Gasteiger partial charge is 0.340 e. The number of hydrogen-bond donors (Lipinski definition) is 1. The number of rotatable bonds is 2. The van der Waals surface area contributed by atoms with Gasteiger partial charge >= 0.3 is 5.97 Å². The average Bonchev–Trinajstić information content (AvgIpc) is 2.16. The molecule has 1 aromatic rings. The second-order valence-electron chi connectivity index (χ2n) is 4.50. The third-order valence-electron chi connectivity index (χ3n) is 2.01. The summed E-state index contributed by atoms with van der Waals surface area (Å²) in [6.07, 6.45) is -1.11. The zero-order chi connectivity index (χ0) is 11.5. The van der Waals surface area contributed by atoms with Crippen LogP contribution >= 0.6 is 0 Å². The van der Waals surface area contributed by atoms with Gasteiger partial charge in [0.15, 0.2) is 6.10 Å². The summed E-state index contributed by atoms with van der Waals surface area (Å²) in [6.45, 7) is 5.35. The summed E-state index contributed by atoms with van der Waals surface area (Å²) < 4.78 is 5.01. The first-order valence-corrected chi connectivity index (χ1v) is 4.86. The maximum absolute atomic E-state index is 11.5. The molecule has 1 unspecified atom stereocenters. The SMILES string of the molecule is CC(C)(C)C(O)C(=O)Oc1ccccc1. The van der Waals surface area contributed by atoms with Gasteiger partial charge in [0.2, 0.25) is 0 Å². The van der Waals surface area contributed by atoms with Crippen LogP contribution in [0.15, 0.2) is 30.3 Å². The molecule has 1 rings (SSSR count). The minimum atomic E-state index is -1.11. The number of hydrogen-bond acceptors (Lipinski definition) is 3. The van der Waals surface area contributed by atoms with Crippen LogP contribution in [-0.2, 0) is 4.79 Å². The van der Waals surface area contributed by atoms with Gasteiger partial charge in [0.05, 0.1) is 0 Å². The largest absolute Gasteiger partial charge is 0.425 e. The van der Waals surface area contributed by atoms with Gasteiger partial charge in [0.1, 0.15) is 5.75 Å². The lowest BCUT2D eigenvalue weighted by molar-refractivity contribution is -0.149. The molecule has 0 aliphatic heterocycles. The summed E-state index contributed by atoms with van der Waals surface area (Å²) in [5.74, 6) is -0.167. The molecule has 1 atom stereocenters. The Morgan fingerprint density at radius 3 is 2.27 bits per heavy atom. The molecule has 82 valence electrons. The standard InChI is InChI=1S/C12H16O3/c1-12(2,3)10(13)11(14)15-9-7-5-4-6-8-9/h4-8,10,13H,1-3H3. The summed E-state index contributed by atoms with van der Waals surface area (Å²) in [5.41, 5.74) is -0.508. The van der Waals surface area contributed by atoms with Crippen molar-refractivity contribution in [1.82, 2.24) is 0 Å². The fourth-order valence-electron chi connectivity index (χ4n) is 1.01. The third kappa shape index (κ3) is 3.36. The minimum absolute atomic E-state index is 0.450. The summed E-state index contributed by atoms with van der Waals surface area (Å²) >= 11 is 0. The highest BCUT2D eigenvalue weighted by Crippen LogP contribution is 2.21. The molecule has 0 spiro atoms. The molecule has 1 aromatic carbocycles. The number of ether oxygens (including phenoxy) is 1. The monoisotopic (exact) mass is 208 g/mol. The fraction of sp³-hybridized carbons (Fsp3) is 0.417. The van der Waals surface area contributed by atoms with Crippen LogP contribution in [0, 0.1) is 5.41 Å². The molecule has 0 heterocycles. The lowest BCUT2D eigenvalue weighted by atomic mass is 9.89. The van der Waals surface area contributed by atoms with Crippen LogP contribution in [0.25, 0.3) is 0 Å². The number of carbonyl (C=O) groups excluding carboxylic acids is 1. The molecular formula is C12H16O3. The molecule has 0 bridgehead atoms. The lowest BCUT2D eigenvalue weighted by Gasteiger charge is -2.23. The summed E-state index contributed by atoms with van der Waals surface area (Å²) in [4.78, 5) is 11.5. The normalized spacial score (nSPS) is 13.3. The molecule has 0 aliphatic carbocycles. The van der Waals surface area contributed by atoms with Gasteiger partial charge in [-0.15, -0.1) is 0 Å². The quantitative estimate of drug-likeness (QED) is 0.597. The number of para-hydroxylation sites is 1. The van der Waals surface area contributed by atoms with Gasteiger partial charge < -0.3 is 9.84 Å². The Labute approximate surface area is 89.7 Å². The van der Waals surface area contributed by atoms with Crippen LogP contribution < -0.4 is 4.74 Å². The van der Waals surface area contributed by atoms with Crippen molar-refractivity contribution in [2.24, 2.45) is 5.41 Å². The average molecular weight is 208 g/mol. The number of aliphatic hydroxyl groups excluding tert-OH is 1. The van der Waals surface area contributed by atoms with Crippen molar-refractivity contribution >= 4 is 5.97 Å². The van der Waals surface area contributed by atoms with Crippen molar-refractivity contribution in [2.45, 2.75) is 26.9 Å². The molecule has 0 aromatic heterocycles. The predicted molar refractivity (Wildman–Crippen MR) is 57.5 cm³/mol. The van der Waals surface area contributed by atoms with E-state index >= 15 is 0 Å². The van der Waals surface area contributed by atoms with Crippen molar-refractivity contribution in [3.8, 4) is 5.75 Å². The van der Waals surface area contributed by atoms with Gasteiger partial charge in [0, 0.05) is 0 Å². The van der Waals surface area contributed by atoms with Crippen molar-refractivity contribution in [1.29, 1.82) is 0 Å². The molecule has 1 N–H and O–H groups in total. The first-order chi connectivity index (χ1) is 6.91. The Morgan fingerprint density at radius 2 is 1.80 bits per heavy atom. The Morgan fingerprint density at radius 1 is 1.27 bits per heavy atom. The van der Waals surface area contributed by atoms with Gasteiger partial charge in [-0.2, -0.15) is 0 Å². The van der Waals surface area contributed by atoms with Gasteiger partial charge in [0.25, 0.3) is 0 Å². The maximum atomic E-state index is 11.5. The maximum Gasteiger partial charge on any atom is 0.340 e. The van der Waals surface area contributed by atoms with Crippen LogP contribution in [0.2, 0.25) is 0 Å². The van der Waals surface area contributed by atoms with Gasteiger partial charge in [-0.3, -0.25) is 0 Å². The van der Waals surface area contributed by atoms with Gasteiger partial charge in [-0.25, -0.2) is 4.79 Å². The van der Waals surface area contributed by atoms with Crippen LogP contribution in [0.3, 0.4) is 0 Å². The Bertz CT molecular complexity index is 324. The van der Waals surface area contributed by atoms with Crippen molar-refractivity contribution < 1.29 is 14.6 Å². The molecule has 0 amide bonds. The highest BCUT2D eigenvalue weighted by atomic mass is 16.5. The van der Waals surface area contributed by atoms with E-state index in [9.17, 15) is 9.90 Å². The second-order valence-corrected chi connectivity index (χ2v) is 4.50. The molecule has 0 fully saturated rings. The van der Waals surface area contributed by atoms with E-state index in [1.165, 1.54) is 0 Å². The first kappa shape index (κ1) is 11.7. The third-order valence-corrected chi connectivity index (χ3v) is 2.01. The molecule has 3 heteroatoms. The number of aliphatic hydroxyl groups is 1. The number of carbonyl (C=O) groups is 1. The number of esters is 1. The van der Waals surface area contributed by atoms with Gasteiger partial charge in [-0.1, -0.05) is 39.0 Å². The van der Waals surface area contributed by atoms with E-state index in [0.717, 1.165) is 0 Å². The fourth-order valence-corrected chi connectivity index (χ4v) is 1.01. The summed E-state index contributed by atoms with van der Waals surface area (Å²) in [5, 5.41) is 9.64. The zero-order valence-electron chi connectivity index (χ0n) is 9.23. The first-order valence-electron chi connectivity index (χ1n) is 4.86. The molecule has 0 radical (unpaired) electrons. The summed E-state index contributed by atoms with van der Waals surface area (Å²) in [7, 11) is 0. The zero-order valence-corrected chi connectivity index (χ0v) is 9.23. The molecule has 0 saturated heterocycles. The van der Waals surface area contributed by atoms with E-state index in [-0.39, 0.29) is 0 Å². The molecular weight excluding hydrogens is 192 g/mol. The van der Waals surface area contributed by atoms with E-state index < -0.39 is 17.5 Å². The topological polar surface area (TPSA) is 46.5 Å². The van der Waals surface area contributed by atoms with E-state index in [2.05, 4.69) is 0 Å². The Kier molecular flexibility index (Phi) is 3.48. The number of benzene rings is 1. The van der Waals surface area contributed by atoms with E-state index in [1.807, 2.05) is 6.07 Å². The van der Waals surface area contributed by atoms with Crippen LogP contribution in [0.4, 0.5) is 0 Å². The Balaban J connectivity index is 2.65. The van der Waals surface area contributed by atoms with Gasteiger partial charge in [-0.05, 0) is 17.5 Å². The summed E-state index contributed by atoms with van der Waals surface area (Å²) in [6, 6.07) is 8.72. The molecule has 0 saturated carbocycles. The van der Waals surface area contributed by atoms with E-state index in [1.54, 1.807) is 45.0 Å². The van der Waals surface area contributed by atoms with Crippen molar-refractivity contribution in [2.75, 3.05) is 0 Å². The molecule has 3 nitrogen and oxygen atoms in total. The van der Waals surface area contributed by atoms with Crippen molar-refractivity contribution in [3.05, 3.63) is 30.3 Å². The van der Waals surface area contributed by atoms with Crippen molar-refractivity contribution in [3.63, 3.8) is 0 Å². The minimum Gasteiger partial charge on any atom is -0.425 e. The lowest BCUT2D eigenvalue weighted by Crippen LogP contribution is -2.37. The highest BCUT2D eigenvalue weighted by Gasteiger charge is 2.30. The highest BCUT2D eigenvalue weighted by molar-refractivity contribution is 5.77. The van der Waals surface area contributed by atoms with E-state index in [4.69, 9.17) is 4.74 Å². The van der Waals surface area contributed by atoms with Crippen LogP contribution in [-0.4, -0.2) is 17.2 Å². The predicted octanol–water partition coefficient (Wildman–Crippen LogP) is 2.00. The van der Waals surface area contributed by atoms with Crippen LogP contribution in [0.5, 0.6) is 5.75 Å². The van der Waals surface area contributed by atoms with E-state index in [0.29, 0.717) is 5.75 Å².